The summed E-state index contributed by atoms with van der Waals surface area (Å²) < 4.78 is 0. The Morgan fingerprint density at radius 2 is 1.91 bits per heavy atom. The Hall–Kier alpha value is -0.790. The number of hydrogen-bond acceptors (Lipinski definition) is 1. The largest absolute Gasteiger partial charge is 0.366 e. The van der Waals surface area contributed by atoms with Crippen LogP contribution >= 0.6 is 0 Å². The van der Waals surface area contributed by atoms with Crippen molar-refractivity contribution in [2.45, 2.75) is 40.0 Å². The van der Waals surface area contributed by atoms with Crippen molar-refractivity contribution in [3.63, 3.8) is 0 Å². The third-order valence-corrected chi connectivity index (χ3v) is 1.79. The smallest absolute Gasteiger partial charge is 0.244 e. The summed E-state index contributed by atoms with van der Waals surface area (Å²) in [4.78, 5) is 10.8. The van der Waals surface area contributed by atoms with Crippen molar-refractivity contribution in [1.82, 2.24) is 0 Å². The average molecular weight is 155 g/mol. The lowest BCUT2D eigenvalue weighted by atomic mass is 10.0. The Morgan fingerprint density at radius 3 is 2.18 bits per heavy atom. The van der Waals surface area contributed by atoms with Crippen molar-refractivity contribution >= 4 is 5.91 Å². The molecule has 0 atom stereocenters. The summed E-state index contributed by atoms with van der Waals surface area (Å²) in [5, 5.41) is 0. The van der Waals surface area contributed by atoms with Crippen LogP contribution in [-0.2, 0) is 4.79 Å². The van der Waals surface area contributed by atoms with Crippen LogP contribution in [0.5, 0.6) is 0 Å². The van der Waals surface area contributed by atoms with E-state index in [2.05, 4.69) is 6.92 Å². The number of primary amides is 1. The molecule has 0 unspecified atom stereocenters. The van der Waals surface area contributed by atoms with Crippen LogP contribution < -0.4 is 5.73 Å². The molecular formula is C9H17NO. The quantitative estimate of drug-likeness (QED) is 0.620. The summed E-state index contributed by atoms with van der Waals surface area (Å²) in [7, 11) is 0. The number of amides is 1. The van der Waals surface area contributed by atoms with Gasteiger partial charge in [0.25, 0.3) is 0 Å². The molecule has 0 heterocycles. The van der Waals surface area contributed by atoms with Gasteiger partial charge in [0, 0.05) is 5.57 Å². The van der Waals surface area contributed by atoms with Crippen molar-refractivity contribution in [2.75, 3.05) is 0 Å². The first-order valence-corrected chi connectivity index (χ1v) is 4.11. The minimum atomic E-state index is -0.265. The van der Waals surface area contributed by atoms with Crippen LogP contribution in [0.1, 0.15) is 40.0 Å². The fourth-order valence-electron chi connectivity index (χ4n) is 1.21. The molecular weight excluding hydrogens is 138 g/mol. The zero-order valence-electron chi connectivity index (χ0n) is 7.61. The van der Waals surface area contributed by atoms with Crippen LogP contribution in [0.3, 0.4) is 0 Å². The van der Waals surface area contributed by atoms with Gasteiger partial charge >= 0.3 is 0 Å². The molecule has 11 heavy (non-hydrogen) atoms. The van der Waals surface area contributed by atoms with Gasteiger partial charge in [0.1, 0.15) is 0 Å². The topological polar surface area (TPSA) is 43.1 Å². The minimum Gasteiger partial charge on any atom is -0.366 e. The van der Waals surface area contributed by atoms with Crippen molar-refractivity contribution in [3.8, 4) is 0 Å². The summed E-state index contributed by atoms with van der Waals surface area (Å²) >= 11 is 0. The van der Waals surface area contributed by atoms with Gasteiger partial charge in [0.05, 0.1) is 0 Å². The van der Waals surface area contributed by atoms with E-state index in [4.69, 9.17) is 5.73 Å². The molecule has 2 N–H and O–H groups in total. The lowest BCUT2D eigenvalue weighted by Gasteiger charge is -2.04. The molecule has 0 spiro atoms. The van der Waals surface area contributed by atoms with Crippen molar-refractivity contribution in [2.24, 2.45) is 5.73 Å². The second-order valence-corrected chi connectivity index (χ2v) is 2.73. The maximum absolute atomic E-state index is 10.8. The molecule has 0 aromatic heterocycles. The Labute approximate surface area is 68.5 Å². The number of nitrogens with two attached hydrogens (primary N) is 1. The first-order valence-electron chi connectivity index (χ1n) is 4.11. The fraction of sp³-hybridized carbons (Fsp3) is 0.667. The normalized spacial score (nSPS) is 12.6. The predicted octanol–water partition coefficient (Wildman–Crippen LogP) is 2.00. The van der Waals surface area contributed by atoms with Gasteiger partial charge in [-0.25, -0.2) is 0 Å². The van der Waals surface area contributed by atoms with Gasteiger partial charge < -0.3 is 5.73 Å². The van der Waals surface area contributed by atoms with Crippen molar-refractivity contribution < 1.29 is 4.79 Å². The molecule has 0 aliphatic heterocycles. The van der Waals surface area contributed by atoms with Crippen molar-refractivity contribution in [1.29, 1.82) is 0 Å². The van der Waals surface area contributed by atoms with Gasteiger partial charge in [-0.3, -0.25) is 4.79 Å². The highest BCUT2D eigenvalue weighted by molar-refractivity contribution is 5.92. The Morgan fingerprint density at radius 1 is 1.36 bits per heavy atom. The zero-order valence-corrected chi connectivity index (χ0v) is 7.61. The van der Waals surface area contributed by atoms with Gasteiger partial charge in [0.2, 0.25) is 5.91 Å². The third-order valence-electron chi connectivity index (χ3n) is 1.79. The predicted molar refractivity (Wildman–Crippen MR) is 47.1 cm³/mol. The van der Waals surface area contributed by atoms with E-state index in [0.29, 0.717) is 0 Å². The molecule has 0 aliphatic carbocycles. The van der Waals surface area contributed by atoms with Gasteiger partial charge in [0.15, 0.2) is 0 Å². The van der Waals surface area contributed by atoms with Crippen molar-refractivity contribution in [3.05, 3.63) is 11.1 Å². The Kier molecular flexibility index (Phi) is 4.59. The SMILES string of the molecule is CCCC(C)=C(CC)C(N)=O. The summed E-state index contributed by atoms with van der Waals surface area (Å²) in [6, 6.07) is 0. The Bertz CT molecular complexity index is 170. The minimum absolute atomic E-state index is 0.265. The maximum Gasteiger partial charge on any atom is 0.244 e. The molecule has 2 heteroatoms. The molecule has 64 valence electrons. The highest BCUT2D eigenvalue weighted by Crippen LogP contribution is 2.12. The lowest BCUT2D eigenvalue weighted by Crippen LogP contribution is -2.14. The average Bonchev–Trinajstić information content (AvgIpc) is 1.88. The number of allylic oxidation sites excluding steroid dienone is 1. The summed E-state index contributed by atoms with van der Waals surface area (Å²) in [5.41, 5.74) is 7.12. The second kappa shape index (κ2) is 4.94. The number of hydrogen-bond donors (Lipinski definition) is 1. The number of carbonyl (C=O) groups excluding carboxylic acids is 1. The first-order chi connectivity index (χ1) is 5.13. The standard InChI is InChI=1S/C9H17NO/c1-4-6-7(3)8(5-2)9(10)11/h4-6H2,1-3H3,(H2,10,11). The van der Waals surface area contributed by atoms with Gasteiger partial charge in [-0.15, -0.1) is 0 Å². The fourth-order valence-corrected chi connectivity index (χ4v) is 1.21. The van der Waals surface area contributed by atoms with E-state index >= 15 is 0 Å². The monoisotopic (exact) mass is 155 g/mol. The molecule has 0 bridgehead atoms. The molecule has 0 aliphatic rings. The van der Waals surface area contributed by atoms with E-state index in [0.717, 1.165) is 30.4 Å². The third kappa shape index (κ3) is 3.21. The van der Waals surface area contributed by atoms with Gasteiger partial charge in [-0.05, 0) is 19.8 Å². The molecule has 0 radical (unpaired) electrons. The molecule has 2 nitrogen and oxygen atoms in total. The van der Waals surface area contributed by atoms with Crippen LogP contribution in [0.15, 0.2) is 11.1 Å². The summed E-state index contributed by atoms with van der Waals surface area (Å²) in [6.45, 7) is 6.03. The van der Waals surface area contributed by atoms with Crippen LogP contribution in [0, 0.1) is 0 Å². The molecule has 0 aromatic carbocycles. The zero-order chi connectivity index (χ0) is 8.85. The molecule has 0 aromatic rings. The summed E-state index contributed by atoms with van der Waals surface area (Å²) in [6.07, 6.45) is 2.80. The van der Waals surface area contributed by atoms with Crippen LogP contribution in [0.2, 0.25) is 0 Å². The highest BCUT2D eigenvalue weighted by Gasteiger charge is 2.04. The van der Waals surface area contributed by atoms with E-state index in [1.54, 1.807) is 0 Å². The number of rotatable bonds is 4. The molecule has 0 fully saturated rings. The van der Waals surface area contributed by atoms with E-state index in [9.17, 15) is 4.79 Å². The van der Waals surface area contributed by atoms with E-state index < -0.39 is 0 Å². The molecule has 0 rings (SSSR count). The second-order valence-electron chi connectivity index (χ2n) is 2.73. The lowest BCUT2D eigenvalue weighted by molar-refractivity contribution is -0.114. The van der Waals surface area contributed by atoms with Gasteiger partial charge in [-0.1, -0.05) is 25.8 Å². The van der Waals surface area contributed by atoms with E-state index in [1.807, 2.05) is 13.8 Å². The maximum atomic E-state index is 10.8. The van der Waals surface area contributed by atoms with Crippen LogP contribution in [-0.4, -0.2) is 5.91 Å². The molecule has 0 saturated carbocycles. The molecule has 0 saturated heterocycles. The van der Waals surface area contributed by atoms with Gasteiger partial charge in [-0.2, -0.15) is 0 Å². The first kappa shape index (κ1) is 10.2. The Balaban J connectivity index is 4.40. The number of carbonyl (C=O) groups is 1. The van der Waals surface area contributed by atoms with Crippen LogP contribution in [0.25, 0.3) is 0 Å². The van der Waals surface area contributed by atoms with E-state index in [1.165, 1.54) is 0 Å². The molecule has 1 amide bonds. The highest BCUT2D eigenvalue weighted by atomic mass is 16.1. The summed E-state index contributed by atoms with van der Waals surface area (Å²) in [5.74, 6) is -0.265. The van der Waals surface area contributed by atoms with Crippen LogP contribution in [0.4, 0.5) is 0 Å². The van der Waals surface area contributed by atoms with E-state index in [-0.39, 0.29) is 5.91 Å².